The van der Waals surface area contributed by atoms with Crippen molar-refractivity contribution in [2.24, 2.45) is 0 Å². The molecule has 1 N–H and O–H groups in total. The molecule has 0 radical (unpaired) electrons. The van der Waals surface area contributed by atoms with E-state index < -0.39 is 0 Å². The van der Waals surface area contributed by atoms with E-state index in [-0.39, 0.29) is 6.29 Å². The average Bonchev–Trinajstić information content (AvgIpc) is 2.40. The number of unbranched alkanes of at least 4 members (excludes halogenated alkanes) is 4. The van der Waals surface area contributed by atoms with Crippen LogP contribution in [0, 0.1) is 0 Å². The molecule has 0 aliphatic carbocycles. The molecule has 0 amide bonds. The molecule has 106 valence electrons. The van der Waals surface area contributed by atoms with Gasteiger partial charge in [-0.1, -0.05) is 24.3 Å². The zero-order valence-corrected chi connectivity index (χ0v) is 11.8. The number of rotatable bonds is 12. The van der Waals surface area contributed by atoms with Crippen LogP contribution in [-0.4, -0.2) is 32.2 Å². The van der Waals surface area contributed by atoms with E-state index in [9.17, 15) is 0 Å². The Balaban J connectivity index is 3.32. The van der Waals surface area contributed by atoms with Crippen molar-refractivity contribution in [3.8, 4) is 0 Å². The van der Waals surface area contributed by atoms with Crippen molar-refractivity contribution in [1.29, 1.82) is 0 Å². The zero-order valence-electron chi connectivity index (χ0n) is 11.8. The molecule has 3 heteroatoms. The first kappa shape index (κ1) is 17.4. The molecule has 0 heterocycles. The van der Waals surface area contributed by atoms with E-state index >= 15 is 0 Å². The van der Waals surface area contributed by atoms with Gasteiger partial charge in [0.05, 0.1) is 0 Å². The lowest BCUT2D eigenvalue weighted by molar-refractivity contribution is -0.107. The van der Waals surface area contributed by atoms with Crippen molar-refractivity contribution >= 4 is 0 Å². The first-order valence-electron chi connectivity index (χ1n) is 6.83. The van der Waals surface area contributed by atoms with Gasteiger partial charge in [0.25, 0.3) is 0 Å². The minimum atomic E-state index is -0.0552. The number of aliphatic hydroxyl groups excluding tert-OH is 1. The third kappa shape index (κ3) is 11.8. The van der Waals surface area contributed by atoms with Crippen LogP contribution in [0.2, 0.25) is 0 Å². The van der Waals surface area contributed by atoms with Crippen LogP contribution in [0.5, 0.6) is 0 Å². The first-order valence-corrected chi connectivity index (χ1v) is 6.83. The predicted octanol–water partition coefficient (Wildman–Crippen LogP) is 3.44. The quantitative estimate of drug-likeness (QED) is 0.330. The average molecular weight is 256 g/mol. The van der Waals surface area contributed by atoms with Gasteiger partial charge < -0.3 is 14.6 Å². The molecule has 0 rings (SSSR count). The van der Waals surface area contributed by atoms with Crippen LogP contribution in [0.1, 0.15) is 44.9 Å². The number of hydrogen-bond acceptors (Lipinski definition) is 3. The van der Waals surface area contributed by atoms with E-state index in [1.54, 1.807) is 14.2 Å². The van der Waals surface area contributed by atoms with Crippen LogP contribution >= 0.6 is 0 Å². The maximum atomic E-state index is 8.61. The van der Waals surface area contributed by atoms with Gasteiger partial charge in [0, 0.05) is 20.8 Å². The minimum absolute atomic E-state index is 0.0552. The molecule has 0 bridgehead atoms. The summed E-state index contributed by atoms with van der Waals surface area (Å²) in [5.41, 5.74) is 0. The summed E-state index contributed by atoms with van der Waals surface area (Å²) in [6.07, 6.45) is 15.8. The Morgan fingerprint density at radius 2 is 1.44 bits per heavy atom. The monoisotopic (exact) mass is 256 g/mol. The summed E-state index contributed by atoms with van der Waals surface area (Å²) in [6.45, 7) is 0.299. The molecule has 18 heavy (non-hydrogen) atoms. The third-order valence-corrected chi connectivity index (χ3v) is 2.75. The SMILES string of the molecule is COC(CCCCC=CC=CCCCCO)OC. The van der Waals surface area contributed by atoms with Gasteiger partial charge in [-0.25, -0.2) is 0 Å². The fraction of sp³-hybridized carbons (Fsp3) is 0.733. The van der Waals surface area contributed by atoms with Crippen LogP contribution in [0.3, 0.4) is 0 Å². The van der Waals surface area contributed by atoms with Gasteiger partial charge >= 0.3 is 0 Å². The van der Waals surface area contributed by atoms with Crippen molar-refractivity contribution in [2.75, 3.05) is 20.8 Å². The van der Waals surface area contributed by atoms with Gasteiger partial charge in [0.2, 0.25) is 0 Å². The van der Waals surface area contributed by atoms with Crippen molar-refractivity contribution in [1.82, 2.24) is 0 Å². The van der Waals surface area contributed by atoms with E-state index in [1.807, 2.05) is 0 Å². The van der Waals surface area contributed by atoms with Gasteiger partial charge in [-0.05, 0) is 44.9 Å². The molecule has 0 aliphatic rings. The van der Waals surface area contributed by atoms with Gasteiger partial charge in [0.1, 0.15) is 0 Å². The van der Waals surface area contributed by atoms with E-state index in [0.29, 0.717) is 6.61 Å². The van der Waals surface area contributed by atoms with E-state index in [2.05, 4.69) is 24.3 Å². The Kier molecular flexibility index (Phi) is 13.9. The van der Waals surface area contributed by atoms with Crippen LogP contribution in [-0.2, 0) is 9.47 Å². The van der Waals surface area contributed by atoms with Gasteiger partial charge in [-0.2, -0.15) is 0 Å². The van der Waals surface area contributed by atoms with Crippen LogP contribution in [0.4, 0.5) is 0 Å². The minimum Gasteiger partial charge on any atom is -0.396 e. The summed E-state index contributed by atoms with van der Waals surface area (Å²) in [5.74, 6) is 0. The molecule has 0 atom stereocenters. The second kappa shape index (κ2) is 14.4. The van der Waals surface area contributed by atoms with Crippen LogP contribution in [0.15, 0.2) is 24.3 Å². The van der Waals surface area contributed by atoms with Crippen LogP contribution < -0.4 is 0 Å². The summed E-state index contributed by atoms with van der Waals surface area (Å²) in [4.78, 5) is 0. The molecule has 0 unspecified atom stereocenters. The lowest BCUT2D eigenvalue weighted by Gasteiger charge is -2.11. The molecule has 0 aromatic rings. The topological polar surface area (TPSA) is 38.7 Å². The number of methoxy groups -OCH3 is 2. The molecular formula is C15H28O3. The summed E-state index contributed by atoms with van der Waals surface area (Å²) in [6, 6.07) is 0. The van der Waals surface area contributed by atoms with Crippen molar-refractivity contribution in [2.45, 2.75) is 51.2 Å². The van der Waals surface area contributed by atoms with E-state index in [0.717, 1.165) is 44.9 Å². The molecule has 0 aromatic heterocycles. The van der Waals surface area contributed by atoms with Gasteiger partial charge in [-0.15, -0.1) is 0 Å². The molecule has 3 nitrogen and oxygen atoms in total. The Morgan fingerprint density at radius 1 is 0.889 bits per heavy atom. The van der Waals surface area contributed by atoms with E-state index in [1.165, 1.54) is 0 Å². The standard InChI is InChI=1S/C15H28O3/c1-17-15(18-2)13-11-9-7-5-3-4-6-8-10-12-14-16/h3-6,15-16H,7-14H2,1-2H3. The van der Waals surface area contributed by atoms with Crippen molar-refractivity contribution < 1.29 is 14.6 Å². The van der Waals surface area contributed by atoms with Gasteiger partial charge in [-0.3, -0.25) is 0 Å². The number of aliphatic hydroxyl groups is 1. The number of ether oxygens (including phenoxy) is 2. The largest absolute Gasteiger partial charge is 0.396 e. The van der Waals surface area contributed by atoms with E-state index in [4.69, 9.17) is 14.6 Å². The Labute approximate surface area is 111 Å². The summed E-state index contributed by atoms with van der Waals surface area (Å²) in [5, 5.41) is 8.61. The normalized spacial score (nSPS) is 12.2. The number of hydrogen-bond donors (Lipinski definition) is 1. The second-order valence-corrected chi connectivity index (χ2v) is 4.26. The summed E-state index contributed by atoms with van der Waals surface area (Å²) < 4.78 is 10.2. The second-order valence-electron chi connectivity index (χ2n) is 4.26. The highest BCUT2D eigenvalue weighted by Gasteiger charge is 2.02. The maximum absolute atomic E-state index is 8.61. The Morgan fingerprint density at radius 3 is 1.94 bits per heavy atom. The molecule has 0 saturated heterocycles. The zero-order chi connectivity index (χ0) is 13.5. The molecule has 0 aromatic carbocycles. The first-order chi connectivity index (χ1) is 8.85. The fourth-order valence-corrected chi connectivity index (χ4v) is 1.63. The Hall–Kier alpha value is -0.640. The highest BCUT2D eigenvalue weighted by atomic mass is 16.7. The summed E-state index contributed by atoms with van der Waals surface area (Å²) in [7, 11) is 3.35. The maximum Gasteiger partial charge on any atom is 0.156 e. The molecule has 0 saturated carbocycles. The predicted molar refractivity (Wildman–Crippen MR) is 75.5 cm³/mol. The van der Waals surface area contributed by atoms with Crippen molar-refractivity contribution in [3.05, 3.63) is 24.3 Å². The molecular weight excluding hydrogens is 228 g/mol. The smallest absolute Gasteiger partial charge is 0.156 e. The molecule has 0 aliphatic heterocycles. The molecule has 0 spiro atoms. The molecule has 0 fully saturated rings. The fourth-order valence-electron chi connectivity index (χ4n) is 1.63. The van der Waals surface area contributed by atoms with Gasteiger partial charge in [0.15, 0.2) is 6.29 Å². The Bertz CT molecular complexity index is 208. The highest BCUT2D eigenvalue weighted by molar-refractivity contribution is 5.02. The lowest BCUT2D eigenvalue weighted by atomic mass is 10.2. The lowest BCUT2D eigenvalue weighted by Crippen LogP contribution is -2.12. The number of allylic oxidation sites excluding steroid dienone is 4. The van der Waals surface area contributed by atoms with Crippen LogP contribution in [0.25, 0.3) is 0 Å². The highest BCUT2D eigenvalue weighted by Crippen LogP contribution is 2.07. The third-order valence-electron chi connectivity index (χ3n) is 2.75. The van der Waals surface area contributed by atoms with Crippen molar-refractivity contribution in [3.63, 3.8) is 0 Å². The summed E-state index contributed by atoms with van der Waals surface area (Å²) >= 11 is 0.